The number of hydrogen-bond donors (Lipinski definition) is 1. The quantitative estimate of drug-likeness (QED) is 0.858. The summed E-state index contributed by atoms with van der Waals surface area (Å²) >= 11 is 0. The minimum atomic E-state index is -3.24. The number of imidazole rings is 1. The van der Waals surface area contributed by atoms with Crippen LogP contribution >= 0.6 is 0 Å². The zero-order chi connectivity index (χ0) is 15.1. The highest BCUT2D eigenvalue weighted by atomic mass is 32.2. The number of carbonyl (C=O) groups is 1. The van der Waals surface area contributed by atoms with Crippen LogP contribution in [0.3, 0.4) is 0 Å². The lowest BCUT2D eigenvalue weighted by Gasteiger charge is -2.44. The number of aromatic amines is 1. The van der Waals surface area contributed by atoms with E-state index in [-0.39, 0.29) is 5.91 Å². The molecule has 0 radical (unpaired) electrons. The van der Waals surface area contributed by atoms with Gasteiger partial charge < -0.3 is 9.88 Å². The number of rotatable bonds is 2. The lowest BCUT2D eigenvalue weighted by molar-refractivity contribution is 0.0519. The van der Waals surface area contributed by atoms with Gasteiger partial charge in [0.1, 0.15) is 5.69 Å². The van der Waals surface area contributed by atoms with Crippen LogP contribution in [-0.2, 0) is 10.0 Å². The van der Waals surface area contributed by atoms with Crippen molar-refractivity contribution in [3.05, 3.63) is 18.2 Å². The smallest absolute Gasteiger partial charge is 0.271 e. The molecule has 2 aliphatic heterocycles. The van der Waals surface area contributed by atoms with E-state index in [2.05, 4.69) is 9.97 Å². The normalized spacial score (nSPS) is 27.4. The number of piperidine rings is 1. The molecule has 1 unspecified atom stereocenters. The van der Waals surface area contributed by atoms with Gasteiger partial charge in [-0.15, -0.1) is 0 Å². The molecule has 3 heterocycles. The van der Waals surface area contributed by atoms with Crippen molar-refractivity contribution in [3.63, 3.8) is 0 Å². The van der Waals surface area contributed by atoms with Crippen LogP contribution in [0, 0.1) is 0 Å². The predicted octanol–water partition coefficient (Wildman–Crippen LogP) is 0.440. The summed E-state index contributed by atoms with van der Waals surface area (Å²) in [4.78, 5) is 20.9. The van der Waals surface area contributed by atoms with Crippen LogP contribution in [-0.4, -0.2) is 64.9 Å². The molecule has 0 saturated carbocycles. The molecule has 1 N–H and O–H groups in total. The fourth-order valence-electron chi connectivity index (χ4n) is 3.67. The van der Waals surface area contributed by atoms with Crippen molar-refractivity contribution >= 4 is 15.9 Å². The Morgan fingerprint density at radius 1 is 1.33 bits per heavy atom. The molecule has 2 saturated heterocycles. The maximum atomic E-state index is 12.4. The van der Waals surface area contributed by atoms with E-state index < -0.39 is 15.6 Å². The van der Waals surface area contributed by atoms with Crippen molar-refractivity contribution < 1.29 is 13.2 Å². The van der Waals surface area contributed by atoms with Crippen molar-refractivity contribution in [2.45, 2.75) is 31.2 Å². The molecule has 1 atom stereocenters. The van der Waals surface area contributed by atoms with Crippen molar-refractivity contribution in [1.82, 2.24) is 19.2 Å². The number of nitrogens with one attached hydrogen (secondary N) is 1. The van der Waals surface area contributed by atoms with E-state index in [0.717, 1.165) is 25.7 Å². The van der Waals surface area contributed by atoms with Crippen LogP contribution < -0.4 is 0 Å². The fourth-order valence-corrected chi connectivity index (χ4v) is 5.07. The van der Waals surface area contributed by atoms with Gasteiger partial charge in [-0.1, -0.05) is 0 Å². The largest absolute Gasteiger partial charge is 0.341 e. The third kappa shape index (κ3) is 2.57. The van der Waals surface area contributed by atoms with Gasteiger partial charge in [0, 0.05) is 19.6 Å². The molecule has 21 heavy (non-hydrogen) atoms. The third-order valence-electron chi connectivity index (χ3n) is 4.50. The zero-order valence-corrected chi connectivity index (χ0v) is 12.9. The molecule has 1 aromatic heterocycles. The summed E-state index contributed by atoms with van der Waals surface area (Å²) in [7, 11) is -3.24. The van der Waals surface area contributed by atoms with Crippen molar-refractivity contribution in [3.8, 4) is 0 Å². The predicted molar refractivity (Wildman–Crippen MR) is 77.2 cm³/mol. The Balaban J connectivity index is 1.84. The number of sulfonamides is 1. The first-order chi connectivity index (χ1) is 9.92. The molecule has 2 aliphatic rings. The van der Waals surface area contributed by atoms with Gasteiger partial charge in [0.2, 0.25) is 10.0 Å². The Hall–Kier alpha value is -1.41. The van der Waals surface area contributed by atoms with Gasteiger partial charge in [0.05, 0.1) is 24.3 Å². The first kappa shape index (κ1) is 14.5. The van der Waals surface area contributed by atoms with Gasteiger partial charge in [-0.25, -0.2) is 13.4 Å². The van der Waals surface area contributed by atoms with Gasteiger partial charge in [-0.05, 0) is 25.7 Å². The summed E-state index contributed by atoms with van der Waals surface area (Å²) in [5.41, 5.74) is 0.0394. The minimum Gasteiger partial charge on any atom is -0.341 e. The first-order valence-electron chi connectivity index (χ1n) is 7.18. The zero-order valence-electron chi connectivity index (χ0n) is 12.1. The summed E-state index contributed by atoms with van der Waals surface area (Å²) in [6.07, 6.45) is 7.58. The molecule has 0 aromatic carbocycles. The summed E-state index contributed by atoms with van der Waals surface area (Å²) in [5, 5.41) is 0. The second kappa shape index (κ2) is 5.10. The Labute approximate surface area is 124 Å². The van der Waals surface area contributed by atoms with Crippen LogP contribution in [0.2, 0.25) is 0 Å². The number of likely N-dealkylation sites (tertiary alicyclic amines) is 1. The molecule has 0 bridgehead atoms. The van der Waals surface area contributed by atoms with E-state index >= 15 is 0 Å². The summed E-state index contributed by atoms with van der Waals surface area (Å²) < 4.78 is 25.6. The topological polar surface area (TPSA) is 86.4 Å². The number of amides is 1. The highest BCUT2D eigenvalue weighted by Gasteiger charge is 2.48. The molecule has 1 amide bonds. The van der Waals surface area contributed by atoms with Gasteiger partial charge >= 0.3 is 0 Å². The minimum absolute atomic E-state index is 0.105. The molecule has 1 aromatic rings. The molecular weight excluding hydrogens is 292 g/mol. The standard InChI is InChI=1S/C13H20N4O3S/c1-21(19,20)17-7-3-5-13(17)4-2-6-16(9-13)12(18)11-8-14-10-15-11/h8,10H,2-7,9H2,1H3,(H,14,15). The molecule has 2 fully saturated rings. The Kier molecular flexibility index (Phi) is 3.53. The van der Waals surface area contributed by atoms with Crippen LogP contribution in [0.25, 0.3) is 0 Å². The van der Waals surface area contributed by atoms with Crippen LogP contribution in [0.4, 0.5) is 0 Å². The molecule has 8 heteroatoms. The molecule has 1 spiro atoms. The maximum absolute atomic E-state index is 12.4. The lowest BCUT2D eigenvalue weighted by Crippen LogP contribution is -2.58. The van der Waals surface area contributed by atoms with Crippen LogP contribution in [0.1, 0.15) is 36.2 Å². The van der Waals surface area contributed by atoms with Crippen molar-refractivity contribution in [2.24, 2.45) is 0 Å². The average molecular weight is 312 g/mol. The van der Waals surface area contributed by atoms with Crippen molar-refractivity contribution in [2.75, 3.05) is 25.9 Å². The highest BCUT2D eigenvalue weighted by Crippen LogP contribution is 2.39. The van der Waals surface area contributed by atoms with E-state index in [1.807, 2.05) is 0 Å². The average Bonchev–Trinajstić information content (AvgIpc) is 3.07. The molecular formula is C13H20N4O3S. The Morgan fingerprint density at radius 3 is 2.67 bits per heavy atom. The first-order valence-corrected chi connectivity index (χ1v) is 9.03. The number of H-pyrrole nitrogens is 1. The summed E-state index contributed by atoms with van der Waals surface area (Å²) in [6, 6.07) is 0. The summed E-state index contributed by atoms with van der Waals surface area (Å²) in [5.74, 6) is -0.105. The highest BCUT2D eigenvalue weighted by molar-refractivity contribution is 7.88. The molecule has 3 rings (SSSR count). The Bertz CT molecular complexity index is 628. The van der Waals surface area contributed by atoms with Gasteiger partial charge in [-0.2, -0.15) is 4.31 Å². The maximum Gasteiger partial charge on any atom is 0.271 e. The number of carbonyl (C=O) groups excluding carboxylic acids is 1. The Morgan fingerprint density at radius 2 is 2.05 bits per heavy atom. The van der Waals surface area contributed by atoms with Gasteiger partial charge in [0.15, 0.2) is 0 Å². The monoisotopic (exact) mass is 312 g/mol. The molecule has 7 nitrogen and oxygen atoms in total. The number of hydrogen-bond acceptors (Lipinski definition) is 4. The molecule has 0 aliphatic carbocycles. The number of nitrogens with zero attached hydrogens (tertiary/aromatic N) is 3. The van der Waals surface area contributed by atoms with Crippen LogP contribution in [0.5, 0.6) is 0 Å². The van der Waals surface area contributed by atoms with E-state index in [1.54, 1.807) is 9.21 Å². The van der Waals surface area contributed by atoms with E-state index in [1.165, 1.54) is 18.8 Å². The molecule has 116 valence electrons. The second-order valence-corrected chi connectivity index (χ2v) is 7.87. The van der Waals surface area contributed by atoms with Gasteiger partial charge in [-0.3, -0.25) is 4.79 Å². The van der Waals surface area contributed by atoms with E-state index in [0.29, 0.717) is 25.3 Å². The third-order valence-corrected chi connectivity index (χ3v) is 5.87. The van der Waals surface area contributed by atoms with Crippen LogP contribution in [0.15, 0.2) is 12.5 Å². The fraction of sp³-hybridized carbons (Fsp3) is 0.692. The second-order valence-electron chi connectivity index (χ2n) is 5.96. The van der Waals surface area contributed by atoms with Gasteiger partial charge in [0.25, 0.3) is 5.91 Å². The van der Waals surface area contributed by atoms with E-state index in [9.17, 15) is 13.2 Å². The lowest BCUT2D eigenvalue weighted by atomic mass is 9.87. The van der Waals surface area contributed by atoms with E-state index in [4.69, 9.17) is 0 Å². The number of aromatic nitrogens is 2. The van der Waals surface area contributed by atoms with Crippen molar-refractivity contribution in [1.29, 1.82) is 0 Å². The summed E-state index contributed by atoms with van der Waals surface area (Å²) in [6.45, 7) is 1.69. The SMILES string of the molecule is CS(=O)(=O)N1CCCC12CCCN(C(=O)c1cnc[nH]1)C2.